The summed E-state index contributed by atoms with van der Waals surface area (Å²) < 4.78 is 25.8. The van der Waals surface area contributed by atoms with Crippen molar-refractivity contribution in [1.82, 2.24) is 14.9 Å². The monoisotopic (exact) mass is 381 g/mol. The number of benzene rings is 1. The van der Waals surface area contributed by atoms with Crippen molar-refractivity contribution in [2.45, 2.75) is 38.6 Å². The van der Waals surface area contributed by atoms with E-state index in [1.54, 1.807) is 6.92 Å². The fourth-order valence-corrected chi connectivity index (χ4v) is 4.81. The third-order valence-corrected chi connectivity index (χ3v) is 6.36. The molecule has 1 heterocycles. The lowest BCUT2D eigenvalue weighted by atomic mass is 10.1. The third kappa shape index (κ3) is 5.81. The highest BCUT2D eigenvalue weighted by molar-refractivity contribution is 7.89. The van der Waals surface area contributed by atoms with Crippen LogP contribution < -0.4 is 10.6 Å². The molecular weight excluding hydrogens is 354 g/mol. The second kappa shape index (κ2) is 9.68. The Morgan fingerprint density at radius 3 is 2.54 bits per heavy atom. The summed E-state index contributed by atoms with van der Waals surface area (Å²) in [4.78, 5) is 24.2. The average molecular weight is 381 g/mol. The zero-order chi connectivity index (χ0) is 19.0. The zero-order valence-corrected chi connectivity index (χ0v) is 15.9. The number of nitrogens with one attached hydrogen (secondary N) is 2. The molecule has 0 radical (unpaired) electrons. The van der Waals surface area contributed by atoms with Gasteiger partial charge in [0.25, 0.3) is 0 Å². The highest BCUT2D eigenvalue weighted by Gasteiger charge is 2.37. The molecular formula is C18H27N3O4S. The van der Waals surface area contributed by atoms with E-state index in [-0.39, 0.29) is 24.1 Å². The number of nitrogens with zero attached hydrogens (tertiary/aromatic N) is 1. The van der Waals surface area contributed by atoms with Gasteiger partial charge < -0.3 is 10.6 Å². The molecule has 0 aromatic heterocycles. The van der Waals surface area contributed by atoms with Crippen LogP contribution in [0.2, 0.25) is 0 Å². The SMILES string of the molecule is CCCS(=O)(=O)N1CCCC1C(=O)NCCNC(=O)Cc1ccccc1. The second-order valence-corrected chi connectivity index (χ2v) is 8.43. The summed E-state index contributed by atoms with van der Waals surface area (Å²) in [6.45, 7) is 2.79. The Morgan fingerprint density at radius 2 is 1.85 bits per heavy atom. The first-order valence-electron chi connectivity index (χ1n) is 9.02. The average Bonchev–Trinajstić information content (AvgIpc) is 3.10. The first-order chi connectivity index (χ1) is 12.4. The molecule has 2 rings (SSSR count). The Morgan fingerprint density at radius 1 is 1.15 bits per heavy atom. The maximum absolute atomic E-state index is 12.3. The van der Waals surface area contributed by atoms with Gasteiger partial charge in [0.05, 0.1) is 12.2 Å². The normalized spacial score (nSPS) is 17.8. The molecule has 1 atom stereocenters. The minimum absolute atomic E-state index is 0.0618. The number of sulfonamides is 1. The molecule has 1 aliphatic rings. The topological polar surface area (TPSA) is 95.6 Å². The molecule has 0 saturated carbocycles. The zero-order valence-electron chi connectivity index (χ0n) is 15.1. The van der Waals surface area contributed by atoms with Crippen molar-refractivity contribution in [3.05, 3.63) is 35.9 Å². The Hall–Kier alpha value is -1.93. The lowest BCUT2D eigenvalue weighted by Gasteiger charge is -2.23. The van der Waals surface area contributed by atoms with Crippen molar-refractivity contribution in [2.75, 3.05) is 25.4 Å². The Kier molecular flexibility index (Phi) is 7.59. The summed E-state index contributed by atoms with van der Waals surface area (Å²) >= 11 is 0. The molecule has 1 saturated heterocycles. The van der Waals surface area contributed by atoms with E-state index in [2.05, 4.69) is 10.6 Å². The number of rotatable bonds is 9. The van der Waals surface area contributed by atoms with Crippen molar-refractivity contribution in [2.24, 2.45) is 0 Å². The van der Waals surface area contributed by atoms with Gasteiger partial charge in [-0.3, -0.25) is 9.59 Å². The first kappa shape index (κ1) is 20.4. The van der Waals surface area contributed by atoms with Gasteiger partial charge >= 0.3 is 0 Å². The summed E-state index contributed by atoms with van der Waals surface area (Å²) in [5, 5.41) is 5.48. The Labute approximate surface area is 155 Å². The van der Waals surface area contributed by atoms with Gasteiger partial charge in [-0.15, -0.1) is 0 Å². The lowest BCUT2D eigenvalue weighted by Crippen LogP contribution is -2.48. The van der Waals surface area contributed by atoms with Crippen LogP contribution in [0.4, 0.5) is 0 Å². The highest BCUT2D eigenvalue weighted by atomic mass is 32.2. The van der Waals surface area contributed by atoms with Crippen LogP contribution in [0.5, 0.6) is 0 Å². The van der Waals surface area contributed by atoms with Gasteiger partial charge in [0, 0.05) is 19.6 Å². The number of amides is 2. The predicted molar refractivity (Wildman–Crippen MR) is 100.0 cm³/mol. The van der Waals surface area contributed by atoms with Gasteiger partial charge in [-0.05, 0) is 24.8 Å². The van der Waals surface area contributed by atoms with Crippen LogP contribution >= 0.6 is 0 Å². The molecule has 1 aromatic carbocycles. The van der Waals surface area contributed by atoms with Gasteiger partial charge in [0.2, 0.25) is 21.8 Å². The Bertz CT molecular complexity index is 706. The van der Waals surface area contributed by atoms with E-state index >= 15 is 0 Å². The minimum Gasteiger partial charge on any atom is -0.354 e. The van der Waals surface area contributed by atoms with Crippen molar-refractivity contribution in [3.8, 4) is 0 Å². The number of hydrogen-bond acceptors (Lipinski definition) is 4. The molecule has 1 aliphatic heterocycles. The summed E-state index contributed by atoms with van der Waals surface area (Å²) in [5.74, 6) is -0.343. The maximum Gasteiger partial charge on any atom is 0.238 e. The standard InChI is InChI=1S/C18H27N3O4S/c1-2-13-26(24,25)21-12-6-9-16(21)18(23)20-11-10-19-17(22)14-15-7-4-3-5-8-15/h3-5,7-8,16H,2,6,9-14H2,1H3,(H,19,22)(H,20,23). The number of carbonyl (C=O) groups excluding carboxylic acids is 2. The molecule has 0 aliphatic carbocycles. The fourth-order valence-electron chi connectivity index (χ4n) is 3.06. The number of carbonyl (C=O) groups is 2. The van der Waals surface area contributed by atoms with Gasteiger partial charge in [0.15, 0.2) is 0 Å². The van der Waals surface area contributed by atoms with Crippen molar-refractivity contribution in [3.63, 3.8) is 0 Å². The van der Waals surface area contributed by atoms with Gasteiger partial charge in [0.1, 0.15) is 6.04 Å². The summed E-state index contributed by atoms with van der Waals surface area (Å²) in [5.41, 5.74) is 0.928. The van der Waals surface area contributed by atoms with E-state index in [0.29, 0.717) is 38.8 Å². The second-order valence-electron chi connectivity index (χ2n) is 6.39. The van der Waals surface area contributed by atoms with Crippen LogP contribution in [0.3, 0.4) is 0 Å². The smallest absolute Gasteiger partial charge is 0.238 e. The molecule has 26 heavy (non-hydrogen) atoms. The fraction of sp³-hybridized carbons (Fsp3) is 0.556. The Balaban J connectivity index is 1.73. The van der Waals surface area contributed by atoms with Gasteiger partial charge in [-0.2, -0.15) is 4.31 Å². The van der Waals surface area contributed by atoms with Crippen LogP contribution in [0.15, 0.2) is 30.3 Å². The molecule has 0 spiro atoms. The molecule has 1 aromatic rings. The highest BCUT2D eigenvalue weighted by Crippen LogP contribution is 2.21. The van der Waals surface area contributed by atoms with E-state index in [0.717, 1.165) is 5.56 Å². The van der Waals surface area contributed by atoms with E-state index in [9.17, 15) is 18.0 Å². The van der Waals surface area contributed by atoms with E-state index in [4.69, 9.17) is 0 Å². The van der Waals surface area contributed by atoms with Gasteiger partial charge in [-0.25, -0.2) is 8.42 Å². The molecule has 1 fully saturated rings. The summed E-state index contributed by atoms with van der Waals surface area (Å²) in [7, 11) is -3.38. The lowest BCUT2D eigenvalue weighted by molar-refractivity contribution is -0.124. The van der Waals surface area contributed by atoms with Crippen LogP contribution in [0.25, 0.3) is 0 Å². The third-order valence-electron chi connectivity index (χ3n) is 4.28. The molecule has 1 unspecified atom stereocenters. The molecule has 8 heteroatoms. The van der Waals surface area contributed by atoms with Crippen molar-refractivity contribution < 1.29 is 18.0 Å². The van der Waals surface area contributed by atoms with Crippen LogP contribution in [0.1, 0.15) is 31.7 Å². The largest absolute Gasteiger partial charge is 0.354 e. The van der Waals surface area contributed by atoms with Crippen molar-refractivity contribution in [1.29, 1.82) is 0 Å². The van der Waals surface area contributed by atoms with Crippen LogP contribution in [-0.2, 0) is 26.0 Å². The van der Waals surface area contributed by atoms with Crippen LogP contribution in [-0.4, -0.2) is 56.0 Å². The summed E-state index contributed by atoms with van der Waals surface area (Å²) in [6.07, 6.45) is 2.05. The van der Waals surface area contributed by atoms with E-state index in [1.807, 2.05) is 30.3 Å². The number of hydrogen-bond donors (Lipinski definition) is 2. The maximum atomic E-state index is 12.3. The summed E-state index contributed by atoms with van der Waals surface area (Å²) in [6, 6.07) is 8.78. The first-order valence-corrected chi connectivity index (χ1v) is 10.6. The molecule has 144 valence electrons. The molecule has 0 bridgehead atoms. The van der Waals surface area contributed by atoms with Crippen LogP contribution in [0, 0.1) is 0 Å². The molecule has 7 nitrogen and oxygen atoms in total. The minimum atomic E-state index is -3.38. The van der Waals surface area contributed by atoms with Crippen molar-refractivity contribution >= 4 is 21.8 Å². The van der Waals surface area contributed by atoms with Gasteiger partial charge in [-0.1, -0.05) is 37.3 Å². The quantitative estimate of drug-likeness (QED) is 0.615. The predicted octanol–water partition coefficient (Wildman–Crippen LogP) is 0.666. The molecule has 2 N–H and O–H groups in total. The van der Waals surface area contributed by atoms with E-state index in [1.165, 1.54) is 4.31 Å². The van der Waals surface area contributed by atoms with E-state index < -0.39 is 16.1 Å². The molecule has 2 amide bonds.